The number of rotatable bonds is 3. The molecule has 2 N–H and O–H groups in total. The molecule has 0 amide bonds. The van der Waals surface area contributed by atoms with Crippen molar-refractivity contribution >= 4 is 16.9 Å². The summed E-state index contributed by atoms with van der Waals surface area (Å²) in [5.74, 6) is 0.887. The maximum Gasteiger partial charge on any atom is 0.148 e. The van der Waals surface area contributed by atoms with Gasteiger partial charge in [0.1, 0.15) is 5.82 Å². The van der Waals surface area contributed by atoms with Crippen molar-refractivity contribution < 1.29 is 0 Å². The van der Waals surface area contributed by atoms with E-state index in [1.807, 2.05) is 31.2 Å². The van der Waals surface area contributed by atoms with Crippen LogP contribution in [0.2, 0.25) is 0 Å². The van der Waals surface area contributed by atoms with E-state index in [4.69, 9.17) is 0 Å². The van der Waals surface area contributed by atoms with E-state index in [1.54, 1.807) is 0 Å². The second kappa shape index (κ2) is 5.36. The Labute approximate surface area is 113 Å². The van der Waals surface area contributed by atoms with Gasteiger partial charge in [-0.2, -0.15) is 0 Å². The second-order valence-electron chi connectivity index (χ2n) is 4.82. The molecule has 3 rings (SSSR count). The number of nitrogens with one attached hydrogen (secondary N) is 2. The highest BCUT2D eigenvalue weighted by atomic mass is 15.0. The molecule has 98 valence electrons. The summed E-state index contributed by atoms with van der Waals surface area (Å²) in [7, 11) is 0. The van der Waals surface area contributed by atoms with Crippen molar-refractivity contribution in [2.75, 3.05) is 25.0 Å². The van der Waals surface area contributed by atoms with Crippen molar-refractivity contribution in [1.29, 1.82) is 0 Å². The van der Waals surface area contributed by atoms with Crippen LogP contribution >= 0.6 is 0 Å². The van der Waals surface area contributed by atoms with E-state index in [0.29, 0.717) is 0 Å². The van der Waals surface area contributed by atoms with Crippen molar-refractivity contribution in [3.8, 4) is 0 Å². The van der Waals surface area contributed by atoms with E-state index in [2.05, 4.69) is 26.7 Å². The number of aryl methyl sites for hydroxylation is 1. The Morgan fingerprint density at radius 2 is 2.00 bits per heavy atom. The van der Waals surface area contributed by atoms with Crippen LogP contribution < -0.4 is 10.6 Å². The second-order valence-corrected chi connectivity index (χ2v) is 4.82. The van der Waals surface area contributed by atoms with E-state index in [0.717, 1.165) is 48.6 Å². The van der Waals surface area contributed by atoms with Gasteiger partial charge in [0.25, 0.3) is 0 Å². The van der Waals surface area contributed by atoms with Crippen LogP contribution in [0.25, 0.3) is 11.0 Å². The van der Waals surface area contributed by atoms with Gasteiger partial charge in [0.05, 0.1) is 16.7 Å². The quantitative estimate of drug-likeness (QED) is 0.825. The number of fused-ring (bicyclic) bond motifs is 1. The van der Waals surface area contributed by atoms with Gasteiger partial charge in [0.15, 0.2) is 0 Å². The minimum atomic E-state index is 0.857. The molecule has 0 unspecified atom stereocenters. The largest absolute Gasteiger partial charge is 0.365 e. The molecule has 2 heterocycles. The summed E-state index contributed by atoms with van der Waals surface area (Å²) in [5.41, 5.74) is 4.28. The van der Waals surface area contributed by atoms with Gasteiger partial charge in [-0.05, 0) is 32.0 Å². The Hall–Kier alpha value is -1.94. The first-order chi connectivity index (χ1) is 9.33. The van der Waals surface area contributed by atoms with Crippen LogP contribution in [0.5, 0.6) is 0 Å². The van der Waals surface area contributed by atoms with E-state index in [1.165, 1.54) is 5.57 Å². The predicted octanol–water partition coefficient (Wildman–Crippen LogP) is 2.27. The van der Waals surface area contributed by atoms with E-state index in [9.17, 15) is 0 Å². The van der Waals surface area contributed by atoms with Crippen molar-refractivity contribution in [2.24, 2.45) is 0 Å². The Morgan fingerprint density at radius 3 is 2.74 bits per heavy atom. The number of hydrogen-bond acceptors (Lipinski definition) is 4. The number of aromatic nitrogens is 2. The molecule has 0 fully saturated rings. The smallest absolute Gasteiger partial charge is 0.148 e. The number of nitrogens with zero attached hydrogens (tertiary/aromatic N) is 2. The molecule has 1 aliphatic rings. The van der Waals surface area contributed by atoms with Gasteiger partial charge in [-0.25, -0.2) is 9.97 Å². The summed E-state index contributed by atoms with van der Waals surface area (Å²) in [6, 6.07) is 7.97. The number of benzene rings is 1. The third-order valence-electron chi connectivity index (χ3n) is 3.39. The lowest BCUT2D eigenvalue weighted by molar-refractivity contribution is 0.697. The number of anilines is 1. The highest BCUT2D eigenvalue weighted by Crippen LogP contribution is 2.16. The van der Waals surface area contributed by atoms with Gasteiger partial charge >= 0.3 is 0 Å². The fourth-order valence-corrected chi connectivity index (χ4v) is 2.28. The Kier molecular flexibility index (Phi) is 3.42. The van der Waals surface area contributed by atoms with Crippen LogP contribution in [0.4, 0.5) is 5.82 Å². The van der Waals surface area contributed by atoms with Gasteiger partial charge in [0, 0.05) is 13.1 Å². The third-order valence-corrected chi connectivity index (χ3v) is 3.39. The highest BCUT2D eigenvalue weighted by molar-refractivity contribution is 5.76. The zero-order chi connectivity index (χ0) is 13.1. The van der Waals surface area contributed by atoms with Crippen molar-refractivity contribution in [1.82, 2.24) is 15.3 Å². The molecular formula is C15H18N4. The molecule has 1 aromatic carbocycles. The maximum atomic E-state index is 4.64. The topological polar surface area (TPSA) is 49.8 Å². The van der Waals surface area contributed by atoms with Gasteiger partial charge in [-0.3, -0.25) is 0 Å². The lowest BCUT2D eigenvalue weighted by Gasteiger charge is -2.15. The number of hydrogen-bond donors (Lipinski definition) is 2. The SMILES string of the molecule is Cc1nc2ccccc2nc1NCC1=CCNCC1. The summed E-state index contributed by atoms with van der Waals surface area (Å²) >= 11 is 0. The molecule has 0 radical (unpaired) electrons. The molecule has 1 aromatic heterocycles. The van der Waals surface area contributed by atoms with Crippen LogP contribution in [0.3, 0.4) is 0 Å². The minimum absolute atomic E-state index is 0.857. The van der Waals surface area contributed by atoms with Crippen LogP contribution in [0, 0.1) is 6.92 Å². The summed E-state index contributed by atoms with van der Waals surface area (Å²) < 4.78 is 0. The first kappa shape index (κ1) is 12.1. The fourth-order valence-electron chi connectivity index (χ4n) is 2.28. The highest BCUT2D eigenvalue weighted by Gasteiger charge is 2.06. The van der Waals surface area contributed by atoms with Crippen LogP contribution in [0.15, 0.2) is 35.9 Å². The zero-order valence-electron chi connectivity index (χ0n) is 11.1. The van der Waals surface area contributed by atoms with Gasteiger partial charge in [-0.15, -0.1) is 0 Å². The van der Waals surface area contributed by atoms with E-state index >= 15 is 0 Å². The lowest BCUT2D eigenvalue weighted by Crippen LogP contribution is -2.23. The standard InChI is InChI=1S/C15H18N4/c1-11-15(17-10-12-6-8-16-9-7-12)19-14-5-3-2-4-13(14)18-11/h2-6,16H,7-10H2,1H3,(H,17,19). The average molecular weight is 254 g/mol. The molecule has 2 aromatic rings. The van der Waals surface area contributed by atoms with E-state index in [-0.39, 0.29) is 0 Å². The summed E-state index contributed by atoms with van der Waals surface area (Å²) in [6.45, 7) is 4.89. The molecule has 4 nitrogen and oxygen atoms in total. The normalized spacial score (nSPS) is 15.3. The molecule has 0 saturated carbocycles. The first-order valence-corrected chi connectivity index (χ1v) is 6.69. The van der Waals surface area contributed by atoms with Gasteiger partial charge in [0.2, 0.25) is 0 Å². The van der Waals surface area contributed by atoms with Crippen molar-refractivity contribution in [3.63, 3.8) is 0 Å². The number of para-hydroxylation sites is 2. The lowest BCUT2D eigenvalue weighted by atomic mass is 10.1. The fraction of sp³-hybridized carbons (Fsp3) is 0.333. The monoisotopic (exact) mass is 254 g/mol. The molecule has 0 spiro atoms. The minimum Gasteiger partial charge on any atom is -0.365 e. The maximum absolute atomic E-state index is 4.64. The Balaban J connectivity index is 1.80. The molecule has 0 saturated heterocycles. The third kappa shape index (κ3) is 2.74. The first-order valence-electron chi connectivity index (χ1n) is 6.69. The summed E-state index contributed by atoms with van der Waals surface area (Å²) in [5, 5.41) is 6.72. The van der Waals surface area contributed by atoms with Crippen LogP contribution in [-0.2, 0) is 0 Å². The van der Waals surface area contributed by atoms with Crippen LogP contribution in [0.1, 0.15) is 12.1 Å². The van der Waals surface area contributed by atoms with Crippen LogP contribution in [-0.4, -0.2) is 29.6 Å². The van der Waals surface area contributed by atoms with E-state index < -0.39 is 0 Å². The van der Waals surface area contributed by atoms with Crippen molar-refractivity contribution in [2.45, 2.75) is 13.3 Å². The molecule has 0 bridgehead atoms. The van der Waals surface area contributed by atoms with Gasteiger partial charge in [-0.1, -0.05) is 23.8 Å². The Morgan fingerprint density at radius 1 is 1.21 bits per heavy atom. The summed E-state index contributed by atoms with van der Waals surface area (Å²) in [6.07, 6.45) is 3.35. The molecule has 1 aliphatic heterocycles. The molecule has 0 aliphatic carbocycles. The predicted molar refractivity (Wildman–Crippen MR) is 78.3 cm³/mol. The molecule has 0 atom stereocenters. The Bertz CT molecular complexity index is 619. The zero-order valence-corrected chi connectivity index (χ0v) is 11.1. The van der Waals surface area contributed by atoms with Crippen molar-refractivity contribution in [3.05, 3.63) is 41.6 Å². The summed E-state index contributed by atoms with van der Waals surface area (Å²) in [4.78, 5) is 9.23. The molecule has 4 heteroatoms. The average Bonchev–Trinajstić information content (AvgIpc) is 2.46. The molecule has 19 heavy (non-hydrogen) atoms. The van der Waals surface area contributed by atoms with Gasteiger partial charge < -0.3 is 10.6 Å². The molecular weight excluding hydrogens is 236 g/mol.